The highest BCUT2D eigenvalue weighted by molar-refractivity contribution is 9.10. The largest absolute Gasteiger partial charge is 0.460 e. The lowest BCUT2D eigenvalue weighted by Crippen LogP contribution is -2.47. The molecule has 1 saturated heterocycles. The summed E-state index contributed by atoms with van der Waals surface area (Å²) in [4.78, 5) is 138. The summed E-state index contributed by atoms with van der Waals surface area (Å²) in [6.07, 6.45) is 14.7. The van der Waals surface area contributed by atoms with Crippen LogP contribution in [0.1, 0.15) is 122 Å². The number of rotatable bonds is 24. The summed E-state index contributed by atoms with van der Waals surface area (Å²) in [6.45, 7) is 18.1. The summed E-state index contributed by atoms with van der Waals surface area (Å²) >= 11 is 50.4. The van der Waals surface area contributed by atoms with Gasteiger partial charge in [-0.15, -0.1) is 0 Å². The Morgan fingerprint density at radius 3 is 0.917 bits per heavy atom. The fraction of sp³-hybridized carbons (Fsp3) is 0.302. The molecule has 0 radical (unpaired) electrons. The number of halogens is 10. The Labute approximate surface area is 749 Å². The van der Waals surface area contributed by atoms with Crippen molar-refractivity contribution in [2.75, 3.05) is 54.9 Å². The third-order valence-corrected chi connectivity index (χ3v) is 23.6. The normalized spacial score (nSPS) is 19.2. The first-order valence-corrected chi connectivity index (χ1v) is 42.0. The minimum Gasteiger partial charge on any atom is -0.460 e. The molecular formula is C86H80Br2Cl7FN12O13. The van der Waals surface area contributed by atoms with Crippen molar-refractivity contribution in [3.8, 4) is 0 Å². The van der Waals surface area contributed by atoms with Crippen molar-refractivity contribution in [2.45, 2.75) is 125 Å². The van der Waals surface area contributed by atoms with Crippen LogP contribution in [-0.4, -0.2) is 139 Å². The maximum absolute atomic E-state index is 14.1. The molecule has 7 heterocycles. The van der Waals surface area contributed by atoms with E-state index in [2.05, 4.69) is 82.5 Å². The second-order valence-electron chi connectivity index (χ2n) is 30.0. The van der Waals surface area contributed by atoms with Crippen LogP contribution >= 0.6 is 113 Å². The SMILES string of the molecule is C1CCOC1.C=CCOC(=O)C1(NC(=O)c2cnc3n2[C@](C)(Cc2ccc(Br)cc2)C(=O)N3c2cc(Cl)cc(Cl)c2)CC1.C=CCOC(=O)C1(NC(=O)c2cnc3n2[C@](C)(Cc2ccc(Br)cc2)C(=O)N3c2cc(Cl)cc(Cl)c2)CC1.C=CCOC(=O)C1(NC(=O)c2cnc3n2[C@](C)(Cc2ccc(Cl)cc2)C(=O)N3c2cc(Cl)cc(Cl)c2)CC1.[2H]CF. The number of anilines is 6. The maximum atomic E-state index is 14.1. The van der Waals surface area contributed by atoms with Crippen LogP contribution in [0.4, 0.5) is 39.3 Å². The third kappa shape index (κ3) is 19.2. The monoisotopic (exact) mass is 1910 g/mol. The van der Waals surface area contributed by atoms with E-state index < -0.39 is 76.0 Å². The lowest BCUT2D eigenvalue weighted by atomic mass is 9.91. The predicted octanol–water partition coefficient (Wildman–Crippen LogP) is 18.0. The zero-order valence-corrected chi connectivity index (χ0v) is 73.8. The molecule has 7 aliphatic rings. The second kappa shape index (κ2) is 37.5. The molecule has 3 atom stereocenters. The van der Waals surface area contributed by atoms with Crippen LogP contribution in [0, 0.1) is 0 Å². The zero-order valence-electron chi connectivity index (χ0n) is 66.3. The molecule has 3 aliphatic carbocycles. The molecule has 25 nitrogen and oxygen atoms in total. The smallest absolute Gasteiger partial charge is 0.332 e. The topological polar surface area (TPSA) is 290 Å². The van der Waals surface area contributed by atoms with Crippen molar-refractivity contribution in [1.29, 1.82) is 0 Å². The Bertz CT molecular complexity index is 5000. The molecule has 3 aromatic heterocycles. The number of carbonyl (C=O) groups excluding carboxylic acids is 9. The molecule has 35 heteroatoms. The Balaban J connectivity index is 0.000000160. The molecule has 632 valence electrons. The standard InChI is InChI=1S/2C27H23BrCl2N4O4.C27H23Cl3N4O4.C4H8O.CH3F/c3*1-3-10-38-24(37)27(8-9-27)32-22(35)21-15-31-25-33(20-12-18(29)11-19(30)13-20)23(36)26(2,34(21)25)14-16-4-6-17(28)7-5-16;1-2-4-5-3-1;1-2/h3*3-7,11-13,15H,1,8-10,14H2,2H3,(H,32,35);1-4H2;1H3/t3*26-;;/m111../s1/i;;;;1D. The number of ether oxygens (including phenoxy) is 4. The van der Waals surface area contributed by atoms with Gasteiger partial charge in [0, 0.05) is 76.6 Å². The molecule has 121 heavy (non-hydrogen) atoms. The van der Waals surface area contributed by atoms with Gasteiger partial charge in [-0.3, -0.25) is 46.9 Å². The first-order valence-electron chi connectivity index (χ1n) is 38.5. The highest BCUT2D eigenvalue weighted by Crippen LogP contribution is 2.49. The van der Waals surface area contributed by atoms with Gasteiger partial charge >= 0.3 is 17.9 Å². The highest BCUT2D eigenvalue weighted by atomic mass is 79.9. The van der Waals surface area contributed by atoms with E-state index in [4.69, 9.17) is 102 Å². The van der Waals surface area contributed by atoms with Crippen LogP contribution in [0.3, 0.4) is 0 Å². The average molecular weight is 1920 g/mol. The number of imidazole rings is 3. The Kier molecular flexibility index (Phi) is 27.6. The Morgan fingerprint density at radius 2 is 0.694 bits per heavy atom. The number of carbonyl (C=O) groups is 9. The molecule has 0 spiro atoms. The van der Waals surface area contributed by atoms with Crippen molar-refractivity contribution < 1.29 is 67.9 Å². The number of alkyl halides is 1. The van der Waals surface area contributed by atoms with Gasteiger partial charge in [0.05, 0.1) is 44.2 Å². The number of esters is 3. The number of hydrogen-bond acceptors (Lipinski definition) is 16. The van der Waals surface area contributed by atoms with Crippen molar-refractivity contribution in [2.24, 2.45) is 0 Å². The fourth-order valence-electron chi connectivity index (χ4n) is 14.6. The summed E-state index contributed by atoms with van der Waals surface area (Å²) in [5, 5.41) is 11.1. The van der Waals surface area contributed by atoms with Crippen LogP contribution < -0.4 is 30.7 Å². The quantitative estimate of drug-likeness (QED) is 0.0288. The number of fused-ring (bicyclic) bond motifs is 3. The maximum Gasteiger partial charge on any atom is 0.332 e. The number of nitrogens with one attached hydrogen (secondary N) is 3. The molecule has 6 amide bonds. The third-order valence-electron chi connectivity index (χ3n) is 21.0. The average Bonchev–Trinajstić information content (AvgIpc) is 1.56. The van der Waals surface area contributed by atoms with Crippen molar-refractivity contribution >= 4 is 201 Å². The summed E-state index contributed by atoms with van der Waals surface area (Å²) in [5.41, 5.74) is -2.72. The van der Waals surface area contributed by atoms with Crippen LogP contribution in [-0.2, 0) is 83.6 Å². The van der Waals surface area contributed by atoms with Crippen LogP contribution in [0.2, 0.25) is 35.2 Å². The van der Waals surface area contributed by atoms with Gasteiger partial charge < -0.3 is 34.9 Å². The van der Waals surface area contributed by atoms with E-state index in [0.29, 0.717) is 90.7 Å². The van der Waals surface area contributed by atoms with Crippen molar-refractivity contribution in [1.82, 2.24) is 44.6 Å². The number of hydrogen-bond donors (Lipinski definition) is 3. The van der Waals surface area contributed by atoms with Gasteiger partial charge in [0.1, 0.15) is 70.1 Å². The first-order chi connectivity index (χ1) is 58.1. The second-order valence-corrected chi connectivity index (χ2v) is 34.8. The number of nitrogens with zero attached hydrogens (tertiary/aromatic N) is 9. The molecule has 6 aromatic carbocycles. The van der Waals surface area contributed by atoms with Gasteiger partial charge in [0.25, 0.3) is 35.4 Å². The van der Waals surface area contributed by atoms with Gasteiger partial charge in [-0.05, 0) is 180 Å². The summed E-state index contributed by atoms with van der Waals surface area (Å²) in [7, 11) is -1.00. The minimum atomic E-state index is -1.25. The van der Waals surface area contributed by atoms with E-state index in [1.807, 2.05) is 60.7 Å². The van der Waals surface area contributed by atoms with E-state index in [1.54, 1.807) is 101 Å². The minimum absolute atomic E-state index is 0.0450. The molecule has 0 unspecified atom stereocenters. The molecule has 0 bridgehead atoms. The molecule has 4 fully saturated rings. The van der Waals surface area contributed by atoms with E-state index in [0.717, 1.165) is 38.8 Å². The van der Waals surface area contributed by atoms with Crippen LogP contribution in [0.15, 0.2) is 193 Å². The molecule has 4 aliphatic heterocycles. The molecule has 16 rings (SSSR count). The fourth-order valence-corrected chi connectivity index (χ4v) is 16.8. The van der Waals surface area contributed by atoms with Gasteiger partial charge in [-0.2, -0.15) is 0 Å². The molecular weight excluding hydrogens is 1840 g/mol. The number of amides is 6. The lowest BCUT2D eigenvalue weighted by Gasteiger charge is -2.27. The Hall–Kier alpha value is -9.72. The predicted molar refractivity (Wildman–Crippen MR) is 468 cm³/mol. The highest BCUT2D eigenvalue weighted by Gasteiger charge is 2.59. The van der Waals surface area contributed by atoms with E-state index in [1.165, 1.54) is 64.4 Å². The molecule has 3 saturated carbocycles. The van der Waals surface area contributed by atoms with E-state index in [9.17, 15) is 47.5 Å². The van der Waals surface area contributed by atoms with E-state index in [-0.39, 0.29) is 91.7 Å². The van der Waals surface area contributed by atoms with Gasteiger partial charge in [0.2, 0.25) is 17.8 Å². The molecule has 3 N–H and O–H groups in total. The Morgan fingerprint density at radius 1 is 0.446 bits per heavy atom. The zero-order chi connectivity index (χ0) is 88.0. The number of aromatic nitrogens is 6. The summed E-state index contributed by atoms with van der Waals surface area (Å²) in [6, 6.07) is 36.7. The van der Waals surface area contributed by atoms with Gasteiger partial charge in [-0.1, -0.05) is 187 Å². The van der Waals surface area contributed by atoms with Crippen molar-refractivity contribution in [3.63, 3.8) is 0 Å². The summed E-state index contributed by atoms with van der Waals surface area (Å²) < 4.78 is 42.6. The number of benzene rings is 6. The van der Waals surface area contributed by atoms with Crippen LogP contribution in [0.25, 0.3) is 0 Å². The van der Waals surface area contributed by atoms with Gasteiger partial charge in [-0.25, -0.2) is 44.0 Å². The first kappa shape index (κ1) is 89.0. The lowest BCUT2D eigenvalue weighted by molar-refractivity contribution is -0.146. The summed E-state index contributed by atoms with van der Waals surface area (Å²) in [5.74, 6) is -3.37. The van der Waals surface area contributed by atoms with Crippen LogP contribution in [0.5, 0.6) is 0 Å². The van der Waals surface area contributed by atoms with E-state index >= 15 is 0 Å². The van der Waals surface area contributed by atoms with Gasteiger partial charge in [0.15, 0.2) is 0 Å². The molecule has 9 aromatic rings. The van der Waals surface area contributed by atoms with Crippen molar-refractivity contribution in [3.05, 3.63) is 262 Å².